The molecule has 2 aliphatic rings. The van der Waals surface area contributed by atoms with Gasteiger partial charge >= 0.3 is 0 Å². The molecule has 0 atom stereocenters. The van der Waals surface area contributed by atoms with E-state index in [-0.39, 0.29) is 6.71 Å². The van der Waals surface area contributed by atoms with Crippen molar-refractivity contribution in [2.75, 3.05) is 0 Å². The maximum Gasteiger partial charge on any atom is 0.260 e. The summed E-state index contributed by atoms with van der Waals surface area (Å²) in [7, 11) is 0. The molecule has 0 bridgehead atoms. The molecule has 0 N–H and O–H groups in total. The summed E-state index contributed by atoms with van der Waals surface area (Å²) in [6.45, 7) is 7.94. The van der Waals surface area contributed by atoms with Gasteiger partial charge in [-0.1, -0.05) is 30.2 Å². The van der Waals surface area contributed by atoms with Gasteiger partial charge in [0.15, 0.2) is 0 Å². The zero-order valence-corrected chi connectivity index (χ0v) is 16.8. The Morgan fingerprint density at radius 3 is 2.07 bits per heavy atom. The Labute approximate surface area is 171 Å². The van der Waals surface area contributed by atoms with Crippen LogP contribution in [0.3, 0.4) is 0 Å². The van der Waals surface area contributed by atoms with Crippen molar-refractivity contribution in [3.8, 4) is 41.4 Å². The van der Waals surface area contributed by atoms with Gasteiger partial charge in [-0.05, 0) is 66.9 Å². The Kier molecular flexibility index (Phi) is 3.58. The first-order valence-electron chi connectivity index (χ1n) is 9.59. The molecule has 0 amide bonds. The topological polar surface area (TPSA) is 42.2 Å². The summed E-state index contributed by atoms with van der Waals surface area (Å²) in [5.74, 6) is 5.74. The van der Waals surface area contributed by atoms with Crippen LogP contribution in [0.2, 0.25) is 0 Å². The molecule has 3 aromatic rings. The van der Waals surface area contributed by atoms with Crippen molar-refractivity contribution in [2.24, 2.45) is 0 Å². The van der Waals surface area contributed by atoms with E-state index in [0.717, 1.165) is 61.5 Å². The molecule has 0 aromatic heterocycles. The summed E-state index contributed by atoms with van der Waals surface area (Å²) in [4.78, 5) is 0. The van der Waals surface area contributed by atoms with Crippen LogP contribution in [0.15, 0.2) is 30.3 Å². The minimum atomic E-state index is -0.0906. The normalized spacial score (nSPS) is 12.6. The third-order valence-corrected chi connectivity index (χ3v) is 6.17. The lowest BCUT2D eigenvalue weighted by atomic mass is 9.34. The average molecular weight is 375 g/mol. The monoisotopic (exact) mass is 375 g/mol. The standard InChI is InChI=1S/C25H18BNO2/c1-6-17-13(2)7-9-19-24(17)29-23-16(5)15(4)11-21-22(23)26(19)20-10-8-14(3)18(12-27)25(20)28-21/h1,7-11H,2-5H3. The quantitative estimate of drug-likeness (QED) is 0.307. The smallest absolute Gasteiger partial charge is 0.260 e. The van der Waals surface area contributed by atoms with Crippen molar-refractivity contribution >= 4 is 23.1 Å². The van der Waals surface area contributed by atoms with Crippen LogP contribution in [0.25, 0.3) is 0 Å². The number of fused-ring (bicyclic) bond motifs is 4. The molecule has 5 rings (SSSR count). The highest BCUT2D eigenvalue weighted by Crippen LogP contribution is 2.40. The SMILES string of the molecule is C#Cc1c(C)ccc2c1Oc1c(C)c(C)cc3c1B2c1ccc(C)c(C#N)c1O3. The molecule has 0 saturated carbocycles. The summed E-state index contributed by atoms with van der Waals surface area (Å²) in [6, 6.07) is 12.5. The van der Waals surface area contributed by atoms with E-state index in [0.29, 0.717) is 11.3 Å². The second-order valence-electron chi connectivity index (χ2n) is 7.80. The lowest BCUT2D eigenvalue weighted by Crippen LogP contribution is -2.58. The van der Waals surface area contributed by atoms with Crippen LogP contribution in [0.1, 0.15) is 33.4 Å². The van der Waals surface area contributed by atoms with E-state index >= 15 is 0 Å². The Morgan fingerprint density at radius 2 is 1.45 bits per heavy atom. The van der Waals surface area contributed by atoms with E-state index in [1.165, 1.54) is 0 Å². The predicted molar refractivity (Wildman–Crippen MR) is 116 cm³/mol. The van der Waals surface area contributed by atoms with Gasteiger partial charge in [-0.2, -0.15) is 5.26 Å². The van der Waals surface area contributed by atoms with E-state index in [2.05, 4.69) is 31.0 Å². The van der Waals surface area contributed by atoms with E-state index in [1.807, 2.05) is 39.0 Å². The largest absolute Gasteiger partial charge is 0.457 e. The van der Waals surface area contributed by atoms with Crippen LogP contribution in [-0.4, -0.2) is 6.71 Å². The van der Waals surface area contributed by atoms with E-state index in [1.54, 1.807) is 0 Å². The minimum absolute atomic E-state index is 0.0906. The fourth-order valence-corrected chi connectivity index (χ4v) is 4.44. The number of nitrogens with zero attached hydrogens (tertiary/aromatic N) is 1. The second-order valence-corrected chi connectivity index (χ2v) is 7.80. The van der Waals surface area contributed by atoms with Crippen LogP contribution < -0.4 is 25.9 Å². The van der Waals surface area contributed by atoms with Gasteiger partial charge in [-0.3, -0.25) is 0 Å². The van der Waals surface area contributed by atoms with Crippen LogP contribution in [-0.2, 0) is 0 Å². The van der Waals surface area contributed by atoms with Gasteiger partial charge in [-0.25, -0.2) is 0 Å². The third kappa shape index (κ3) is 2.21. The molecule has 3 aromatic carbocycles. The number of ether oxygens (including phenoxy) is 2. The van der Waals surface area contributed by atoms with Crippen molar-refractivity contribution in [1.82, 2.24) is 0 Å². The fourth-order valence-electron chi connectivity index (χ4n) is 4.44. The number of nitriles is 1. The van der Waals surface area contributed by atoms with Gasteiger partial charge in [0.25, 0.3) is 6.71 Å². The molecule has 0 radical (unpaired) electrons. The Morgan fingerprint density at radius 1 is 0.828 bits per heavy atom. The molecule has 29 heavy (non-hydrogen) atoms. The maximum atomic E-state index is 9.78. The van der Waals surface area contributed by atoms with Crippen LogP contribution >= 0.6 is 0 Å². The highest BCUT2D eigenvalue weighted by atomic mass is 16.5. The average Bonchev–Trinajstić information content (AvgIpc) is 2.71. The first-order valence-corrected chi connectivity index (χ1v) is 9.59. The molecule has 0 saturated heterocycles. The Hall–Kier alpha value is -3.63. The first-order chi connectivity index (χ1) is 14.0. The third-order valence-electron chi connectivity index (χ3n) is 6.17. The van der Waals surface area contributed by atoms with Gasteiger partial charge in [0.05, 0.1) is 11.1 Å². The van der Waals surface area contributed by atoms with Gasteiger partial charge in [0, 0.05) is 5.46 Å². The number of hydrogen-bond donors (Lipinski definition) is 0. The van der Waals surface area contributed by atoms with E-state index in [9.17, 15) is 5.26 Å². The lowest BCUT2D eigenvalue weighted by Gasteiger charge is -2.35. The van der Waals surface area contributed by atoms with Gasteiger partial charge in [0.2, 0.25) is 0 Å². The Balaban J connectivity index is 1.93. The van der Waals surface area contributed by atoms with Gasteiger partial charge < -0.3 is 9.47 Å². The molecule has 3 nitrogen and oxygen atoms in total. The highest BCUT2D eigenvalue weighted by Gasteiger charge is 2.42. The van der Waals surface area contributed by atoms with Crippen molar-refractivity contribution in [3.63, 3.8) is 0 Å². The zero-order chi connectivity index (χ0) is 20.4. The van der Waals surface area contributed by atoms with Crippen molar-refractivity contribution < 1.29 is 9.47 Å². The maximum absolute atomic E-state index is 9.78. The summed E-state index contributed by atoms with van der Waals surface area (Å²) < 4.78 is 12.8. The predicted octanol–water partition coefficient (Wildman–Crippen LogP) is 3.50. The first kappa shape index (κ1) is 17.5. The van der Waals surface area contributed by atoms with Crippen LogP contribution in [0, 0.1) is 51.4 Å². The minimum Gasteiger partial charge on any atom is -0.457 e. The lowest BCUT2D eigenvalue weighted by molar-refractivity contribution is 0.459. The summed E-state index contributed by atoms with van der Waals surface area (Å²) >= 11 is 0. The van der Waals surface area contributed by atoms with Crippen LogP contribution in [0.4, 0.5) is 0 Å². The van der Waals surface area contributed by atoms with Gasteiger partial charge in [0.1, 0.15) is 29.1 Å². The molecular formula is C25H18BNO2. The highest BCUT2D eigenvalue weighted by molar-refractivity contribution is 6.98. The zero-order valence-electron chi connectivity index (χ0n) is 16.8. The van der Waals surface area contributed by atoms with Crippen LogP contribution in [0.5, 0.6) is 23.0 Å². The number of hydrogen-bond acceptors (Lipinski definition) is 3. The van der Waals surface area contributed by atoms with E-state index < -0.39 is 0 Å². The molecule has 0 aliphatic carbocycles. The molecule has 0 unspecified atom stereocenters. The molecule has 0 fully saturated rings. The number of rotatable bonds is 0. The van der Waals surface area contributed by atoms with E-state index in [4.69, 9.17) is 15.9 Å². The summed E-state index contributed by atoms with van der Waals surface area (Å²) in [5.41, 5.74) is 8.40. The molecular weight excluding hydrogens is 357 g/mol. The second kappa shape index (κ2) is 5.93. The summed E-state index contributed by atoms with van der Waals surface area (Å²) in [6.07, 6.45) is 5.86. The molecule has 2 heterocycles. The fraction of sp³-hybridized carbons (Fsp3) is 0.160. The Bertz CT molecular complexity index is 1310. The van der Waals surface area contributed by atoms with Crippen molar-refractivity contribution in [1.29, 1.82) is 5.26 Å². The number of aryl methyl sites for hydroxylation is 3. The number of terminal acetylenes is 1. The van der Waals surface area contributed by atoms with Crippen molar-refractivity contribution in [3.05, 3.63) is 63.7 Å². The molecule has 4 heteroatoms. The van der Waals surface area contributed by atoms with Crippen molar-refractivity contribution in [2.45, 2.75) is 27.7 Å². The molecule has 2 aliphatic heterocycles. The summed E-state index contributed by atoms with van der Waals surface area (Å²) in [5, 5.41) is 9.78. The molecule has 138 valence electrons. The molecule has 0 spiro atoms. The number of benzene rings is 3. The van der Waals surface area contributed by atoms with Gasteiger partial charge in [-0.15, -0.1) is 6.42 Å².